The van der Waals surface area contributed by atoms with E-state index in [1.165, 1.54) is 38.5 Å². The van der Waals surface area contributed by atoms with Crippen LogP contribution in [0.5, 0.6) is 0 Å². The zero-order valence-corrected chi connectivity index (χ0v) is 14.6. The predicted molar refractivity (Wildman–Crippen MR) is 87.3 cm³/mol. The van der Waals surface area contributed by atoms with Gasteiger partial charge in [-0.2, -0.15) is 0 Å². The van der Waals surface area contributed by atoms with Gasteiger partial charge >= 0.3 is 0 Å². The Labute approximate surface area is 122 Å². The van der Waals surface area contributed by atoms with Crippen molar-refractivity contribution in [2.45, 2.75) is 87.0 Å². The van der Waals surface area contributed by atoms with Gasteiger partial charge < -0.3 is 0 Å². The fourth-order valence-electron chi connectivity index (χ4n) is 4.02. The van der Waals surface area contributed by atoms with Crippen LogP contribution in [0.3, 0.4) is 0 Å². The van der Waals surface area contributed by atoms with Crippen LogP contribution < -0.4 is 0 Å². The Kier molecular flexibility index (Phi) is 6.40. The molecule has 0 saturated heterocycles. The molecule has 1 rings (SSSR count). The van der Waals surface area contributed by atoms with Crippen LogP contribution >= 0.6 is 0 Å². The molecule has 0 bridgehead atoms. The summed E-state index contributed by atoms with van der Waals surface area (Å²) in [7, 11) is 0. The molecule has 0 aromatic heterocycles. The van der Waals surface area contributed by atoms with Crippen LogP contribution in [0.25, 0.3) is 0 Å². The summed E-state index contributed by atoms with van der Waals surface area (Å²) in [6, 6.07) is 0. The fraction of sp³-hybridized carbons (Fsp3) is 1.00. The van der Waals surface area contributed by atoms with Gasteiger partial charge in [-0.3, -0.25) is 0 Å². The average molecular weight is 267 g/mol. The smallest absolute Gasteiger partial charge is 0.0269 e. The van der Waals surface area contributed by atoms with Crippen molar-refractivity contribution in [3.05, 3.63) is 0 Å². The largest absolute Gasteiger partial charge is 0.0651 e. The van der Waals surface area contributed by atoms with Crippen molar-refractivity contribution in [2.24, 2.45) is 35.0 Å². The van der Waals surface area contributed by atoms with E-state index in [0.29, 0.717) is 5.41 Å². The Morgan fingerprint density at radius 2 is 1.63 bits per heavy atom. The lowest BCUT2D eigenvalue weighted by atomic mass is 9.81. The van der Waals surface area contributed by atoms with E-state index in [-0.39, 0.29) is 0 Å². The molecular formula is C19H38. The highest BCUT2D eigenvalue weighted by molar-refractivity contribution is 5.00. The summed E-state index contributed by atoms with van der Waals surface area (Å²) < 4.78 is 0. The molecule has 0 aromatic carbocycles. The molecule has 0 N–H and O–H groups in total. The molecule has 1 aliphatic carbocycles. The Hall–Kier alpha value is 0. The van der Waals surface area contributed by atoms with Crippen LogP contribution in [-0.2, 0) is 0 Å². The lowest BCUT2D eigenvalue weighted by Gasteiger charge is -2.24. The first-order valence-electron chi connectivity index (χ1n) is 8.81. The molecule has 0 aliphatic heterocycles. The van der Waals surface area contributed by atoms with Crippen LogP contribution in [0.2, 0.25) is 0 Å². The predicted octanol–water partition coefficient (Wildman–Crippen LogP) is 6.55. The van der Waals surface area contributed by atoms with Crippen LogP contribution in [0.15, 0.2) is 0 Å². The fourth-order valence-corrected chi connectivity index (χ4v) is 4.02. The van der Waals surface area contributed by atoms with Crippen molar-refractivity contribution in [1.82, 2.24) is 0 Å². The molecule has 19 heavy (non-hydrogen) atoms. The molecule has 5 atom stereocenters. The summed E-state index contributed by atoms with van der Waals surface area (Å²) in [6.07, 6.45) is 8.60. The van der Waals surface area contributed by atoms with E-state index in [0.717, 1.165) is 29.6 Å². The van der Waals surface area contributed by atoms with Crippen molar-refractivity contribution in [1.29, 1.82) is 0 Å². The summed E-state index contributed by atoms with van der Waals surface area (Å²) in [4.78, 5) is 0. The molecular weight excluding hydrogens is 228 g/mol. The van der Waals surface area contributed by atoms with Gasteiger partial charge in [0.1, 0.15) is 0 Å². The Morgan fingerprint density at radius 3 is 2.11 bits per heavy atom. The van der Waals surface area contributed by atoms with Crippen LogP contribution in [0.4, 0.5) is 0 Å². The van der Waals surface area contributed by atoms with Gasteiger partial charge in [0, 0.05) is 0 Å². The number of hydrogen-bond acceptors (Lipinski definition) is 0. The molecule has 1 fully saturated rings. The second-order valence-electron chi connectivity index (χ2n) is 8.23. The monoisotopic (exact) mass is 266 g/mol. The van der Waals surface area contributed by atoms with Gasteiger partial charge in [-0.1, -0.05) is 74.1 Å². The second kappa shape index (κ2) is 7.14. The van der Waals surface area contributed by atoms with Gasteiger partial charge in [-0.15, -0.1) is 0 Å². The highest BCUT2D eigenvalue weighted by atomic mass is 14.6. The summed E-state index contributed by atoms with van der Waals surface area (Å²) in [5.41, 5.74) is 0.696. The Balaban J connectivity index is 2.20. The number of hydrogen-bond donors (Lipinski definition) is 0. The standard InChI is InChI=1S/C19H38/c1-8-18-13-19(18,7)17(6)11-9-10-15(4)16(5)12-14(2)3/h14-18H,8-13H2,1-7H3. The molecule has 114 valence electrons. The summed E-state index contributed by atoms with van der Waals surface area (Å²) >= 11 is 0. The normalized spacial score (nSPS) is 31.3. The molecule has 1 aliphatic rings. The van der Waals surface area contributed by atoms with Gasteiger partial charge in [-0.25, -0.2) is 0 Å². The molecule has 0 nitrogen and oxygen atoms in total. The van der Waals surface area contributed by atoms with Crippen molar-refractivity contribution in [3.8, 4) is 0 Å². The van der Waals surface area contributed by atoms with Crippen molar-refractivity contribution in [3.63, 3.8) is 0 Å². The van der Waals surface area contributed by atoms with E-state index in [1.807, 2.05) is 0 Å². The zero-order chi connectivity index (χ0) is 14.6. The van der Waals surface area contributed by atoms with E-state index in [9.17, 15) is 0 Å². The maximum absolute atomic E-state index is 2.52. The van der Waals surface area contributed by atoms with E-state index in [4.69, 9.17) is 0 Å². The van der Waals surface area contributed by atoms with Crippen LogP contribution in [0, 0.1) is 35.0 Å². The minimum absolute atomic E-state index is 0.696. The highest BCUT2D eigenvalue weighted by Gasteiger charge is 2.51. The molecule has 0 aromatic rings. The molecule has 0 heteroatoms. The molecule has 0 amide bonds. The third-order valence-corrected chi connectivity index (χ3v) is 6.19. The van der Waals surface area contributed by atoms with E-state index in [1.54, 1.807) is 0 Å². The Bertz CT molecular complexity index is 255. The third kappa shape index (κ3) is 4.80. The van der Waals surface area contributed by atoms with Crippen molar-refractivity contribution >= 4 is 0 Å². The minimum Gasteiger partial charge on any atom is -0.0651 e. The van der Waals surface area contributed by atoms with E-state index >= 15 is 0 Å². The van der Waals surface area contributed by atoms with Gasteiger partial charge in [0.25, 0.3) is 0 Å². The molecule has 0 radical (unpaired) electrons. The van der Waals surface area contributed by atoms with Crippen molar-refractivity contribution < 1.29 is 0 Å². The van der Waals surface area contributed by atoms with Crippen LogP contribution in [0.1, 0.15) is 87.0 Å². The first-order valence-corrected chi connectivity index (χ1v) is 8.81. The summed E-state index contributed by atoms with van der Waals surface area (Å²) in [5, 5.41) is 0. The minimum atomic E-state index is 0.696. The molecule has 1 saturated carbocycles. The second-order valence-corrected chi connectivity index (χ2v) is 8.23. The molecule has 5 unspecified atom stereocenters. The van der Waals surface area contributed by atoms with Gasteiger partial charge in [0.15, 0.2) is 0 Å². The van der Waals surface area contributed by atoms with E-state index in [2.05, 4.69) is 48.5 Å². The quantitative estimate of drug-likeness (QED) is 0.444. The Morgan fingerprint density at radius 1 is 1.00 bits per heavy atom. The summed E-state index contributed by atoms with van der Waals surface area (Å²) in [6.45, 7) is 17.0. The summed E-state index contributed by atoms with van der Waals surface area (Å²) in [5.74, 6) is 4.62. The highest BCUT2D eigenvalue weighted by Crippen LogP contribution is 2.60. The third-order valence-electron chi connectivity index (χ3n) is 6.19. The maximum Gasteiger partial charge on any atom is -0.0269 e. The van der Waals surface area contributed by atoms with Gasteiger partial charge in [0.2, 0.25) is 0 Å². The number of rotatable bonds is 9. The maximum atomic E-state index is 2.52. The first-order chi connectivity index (χ1) is 8.81. The average Bonchev–Trinajstić information content (AvgIpc) is 3.01. The lowest BCUT2D eigenvalue weighted by molar-refractivity contribution is 0.266. The van der Waals surface area contributed by atoms with Crippen LogP contribution in [-0.4, -0.2) is 0 Å². The zero-order valence-electron chi connectivity index (χ0n) is 14.6. The topological polar surface area (TPSA) is 0 Å². The van der Waals surface area contributed by atoms with E-state index < -0.39 is 0 Å². The molecule has 0 spiro atoms. The SMILES string of the molecule is CCC1CC1(C)C(C)CCCC(C)C(C)CC(C)C. The molecule has 0 heterocycles. The lowest BCUT2D eigenvalue weighted by Crippen LogP contribution is -2.14. The van der Waals surface area contributed by atoms with Gasteiger partial charge in [-0.05, 0) is 47.8 Å². The van der Waals surface area contributed by atoms with Gasteiger partial charge in [0.05, 0.1) is 0 Å². The van der Waals surface area contributed by atoms with Crippen molar-refractivity contribution in [2.75, 3.05) is 0 Å². The first kappa shape index (κ1) is 17.1.